The van der Waals surface area contributed by atoms with Gasteiger partial charge < -0.3 is 9.31 Å². The van der Waals surface area contributed by atoms with Crippen LogP contribution in [0.2, 0.25) is 0 Å². The van der Waals surface area contributed by atoms with Gasteiger partial charge in [-0.3, -0.25) is 0 Å². The number of hydrogen-bond acceptors (Lipinski definition) is 2. The Labute approximate surface area is 192 Å². The molecule has 0 aromatic heterocycles. The first kappa shape index (κ1) is 25.4. The van der Waals surface area contributed by atoms with E-state index >= 15 is 0 Å². The Hall–Kier alpha value is -1.90. The lowest BCUT2D eigenvalue weighted by molar-refractivity contribution is 0.451. The van der Waals surface area contributed by atoms with Crippen molar-refractivity contribution in [3.05, 3.63) is 58.7 Å². The van der Waals surface area contributed by atoms with Crippen LogP contribution in [0.4, 0.5) is 0 Å². The summed E-state index contributed by atoms with van der Waals surface area (Å²) in [4.78, 5) is 0. The average molecular weight is 421 g/mol. The molecule has 0 saturated heterocycles. The summed E-state index contributed by atoms with van der Waals surface area (Å²) in [7, 11) is 1.46. The summed E-state index contributed by atoms with van der Waals surface area (Å²) >= 11 is 0. The lowest BCUT2D eigenvalue weighted by Gasteiger charge is -2.26. The fourth-order valence-corrected chi connectivity index (χ4v) is 3.20. The van der Waals surface area contributed by atoms with Gasteiger partial charge in [-0.2, -0.15) is 0 Å². The summed E-state index contributed by atoms with van der Waals surface area (Å²) in [5.41, 5.74) is 5.21. The Balaban J connectivity index is 2.29. The molecule has 1 radical (unpaired) electrons. The fraction of sp³-hybridized carbons (Fsp3) is 0.571. The van der Waals surface area contributed by atoms with Crippen molar-refractivity contribution in [3.8, 4) is 11.5 Å². The standard InChI is InChI=1S/C28H42BO2/c1-25(2,3)19-13-20(26(4,5)6)16-23(15-19)30-29-31-24-17-21(27(7,8)9)14-22(18-24)28(10,11)12/h13-18H,1-12H3. The molecule has 0 N–H and O–H groups in total. The summed E-state index contributed by atoms with van der Waals surface area (Å²) in [6, 6.07) is 13.0. The van der Waals surface area contributed by atoms with Crippen LogP contribution < -0.4 is 9.31 Å². The van der Waals surface area contributed by atoms with Gasteiger partial charge in [0.1, 0.15) is 11.5 Å². The van der Waals surface area contributed by atoms with E-state index in [0.29, 0.717) is 0 Å². The first-order valence-corrected chi connectivity index (χ1v) is 11.3. The van der Waals surface area contributed by atoms with Crippen molar-refractivity contribution < 1.29 is 9.31 Å². The minimum atomic E-state index is 0.0445. The molecular weight excluding hydrogens is 379 g/mol. The van der Waals surface area contributed by atoms with Crippen molar-refractivity contribution in [1.82, 2.24) is 0 Å². The van der Waals surface area contributed by atoms with Crippen molar-refractivity contribution in [2.24, 2.45) is 0 Å². The van der Waals surface area contributed by atoms with Gasteiger partial charge in [0.05, 0.1) is 0 Å². The van der Waals surface area contributed by atoms with Crippen LogP contribution in [0.5, 0.6) is 11.5 Å². The minimum Gasteiger partial charge on any atom is -0.526 e. The number of hydrogen-bond donors (Lipinski definition) is 0. The quantitative estimate of drug-likeness (QED) is 0.468. The molecule has 2 nitrogen and oxygen atoms in total. The van der Waals surface area contributed by atoms with Gasteiger partial charge in [-0.25, -0.2) is 0 Å². The maximum Gasteiger partial charge on any atom is 0.658 e. The van der Waals surface area contributed by atoms with E-state index in [2.05, 4.69) is 119 Å². The van der Waals surface area contributed by atoms with E-state index in [0.717, 1.165) is 11.5 Å². The van der Waals surface area contributed by atoms with E-state index in [4.69, 9.17) is 9.31 Å². The molecule has 0 heterocycles. The lowest BCUT2D eigenvalue weighted by atomic mass is 9.80. The van der Waals surface area contributed by atoms with E-state index in [-0.39, 0.29) is 21.7 Å². The highest BCUT2D eigenvalue weighted by molar-refractivity contribution is 6.20. The first-order chi connectivity index (χ1) is 13.9. The Morgan fingerprint density at radius 2 is 0.645 bits per heavy atom. The molecule has 0 aliphatic heterocycles. The van der Waals surface area contributed by atoms with Crippen molar-refractivity contribution in [3.63, 3.8) is 0 Å². The Kier molecular flexibility index (Phi) is 7.01. The second-order valence-corrected chi connectivity index (χ2v) is 12.8. The number of rotatable bonds is 4. The first-order valence-electron chi connectivity index (χ1n) is 11.3. The minimum absolute atomic E-state index is 0.0445. The van der Waals surface area contributed by atoms with Gasteiger partial charge in [-0.1, -0.05) is 95.2 Å². The Morgan fingerprint density at radius 1 is 0.419 bits per heavy atom. The maximum atomic E-state index is 5.99. The molecule has 2 aromatic rings. The zero-order chi connectivity index (χ0) is 23.8. The van der Waals surface area contributed by atoms with E-state index in [1.165, 1.54) is 29.9 Å². The molecule has 0 aliphatic rings. The normalized spacial score (nSPS) is 13.2. The highest BCUT2D eigenvalue weighted by atomic mass is 16.6. The Bertz CT molecular complexity index is 761. The SMILES string of the molecule is CC(C)(C)c1cc(O[B]Oc2cc(C(C)(C)C)cc(C(C)(C)C)c2)cc(C(C)(C)C)c1. The topological polar surface area (TPSA) is 18.5 Å². The molecule has 0 amide bonds. The number of benzene rings is 2. The van der Waals surface area contributed by atoms with Gasteiger partial charge in [0.2, 0.25) is 0 Å². The molecular formula is C28H42BO2. The van der Waals surface area contributed by atoms with Crippen molar-refractivity contribution in [1.29, 1.82) is 0 Å². The van der Waals surface area contributed by atoms with E-state index in [1.54, 1.807) is 0 Å². The van der Waals surface area contributed by atoms with Gasteiger partial charge in [0, 0.05) is 0 Å². The van der Waals surface area contributed by atoms with Crippen molar-refractivity contribution >= 4 is 7.69 Å². The molecule has 0 aliphatic carbocycles. The Morgan fingerprint density at radius 3 is 0.839 bits per heavy atom. The second kappa shape index (κ2) is 8.56. The van der Waals surface area contributed by atoms with E-state index in [1.807, 2.05) is 0 Å². The molecule has 0 bridgehead atoms. The zero-order valence-corrected chi connectivity index (χ0v) is 21.9. The average Bonchev–Trinajstić information content (AvgIpc) is 2.58. The molecule has 3 heteroatoms. The fourth-order valence-electron chi connectivity index (χ4n) is 3.20. The third-order valence-electron chi connectivity index (χ3n) is 5.65. The molecule has 0 spiro atoms. The molecule has 0 saturated carbocycles. The predicted molar refractivity (Wildman–Crippen MR) is 135 cm³/mol. The van der Waals surface area contributed by atoms with Crippen LogP contribution in [0.15, 0.2) is 36.4 Å². The summed E-state index contributed by atoms with van der Waals surface area (Å²) in [6.07, 6.45) is 0. The summed E-state index contributed by atoms with van der Waals surface area (Å²) in [6.45, 7) is 26.7. The molecule has 169 valence electrons. The van der Waals surface area contributed by atoms with Gasteiger partial charge in [-0.15, -0.1) is 0 Å². The van der Waals surface area contributed by atoms with Gasteiger partial charge >= 0.3 is 7.69 Å². The van der Waals surface area contributed by atoms with Crippen LogP contribution in [0.3, 0.4) is 0 Å². The molecule has 0 fully saturated rings. The summed E-state index contributed by atoms with van der Waals surface area (Å²) < 4.78 is 12.0. The van der Waals surface area contributed by atoms with Crippen molar-refractivity contribution in [2.45, 2.75) is 105 Å². The van der Waals surface area contributed by atoms with Crippen LogP contribution >= 0.6 is 0 Å². The summed E-state index contributed by atoms with van der Waals surface area (Å²) in [5.74, 6) is 1.61. The van der Waals surface area contributed by atoms with Crippen LogP contribution in [-0.4, -0.2) is 7.69 Å². The van der Waals surface area contributed by atoms with E-state index < -0.39 is 0 Å². The second-order valence-electron chi connectivity index (χ2n) is 12.8. The third-order valence-corrected chi connectivity index (χ3v) is 5.65. The molecule has 2 rings (SSSR count). The monoisotopic (exact) mass is 421 g/mol. The molecule has 2 aromatic carbocycles. The molecule has 0 unspecified atom stereocenters. The zero-order valence-electron chi connectivity index (χ0n) is 21.9. The van der Waals surface area contributed by atoms with Gasteiger partial charge in [0.15, 0.2) is 0 Å². The third kappa shape index (κ3) is 7.05. The molecule has 0 atom stereocenters. The van der Waals surface area contributed by atoms with E-state index in [9.17, 15) is 0 Å². The van der Waals surface area contributed by atoms with Crippen molar-refractivity contribution in [2.75, 3.05) is 0 Å². The summed E-state index contributed by atoms with van der Waals surface area (Å²) in [5, 5.41) is 0. The highest BCUT2D eigenvalue weighted by Gasteiger charge is 2.23. The predicted octanol–water partition coefficient (Wildman–Crippen LogP) is 7.87. The van der Waals surface area contributed by atoms with Crippen LogP contribution in [0, 0.1) is 0 Å². The highest BCUT2D eigenvalue weighted by Crippen LogP contribution is 2.34. The smallest absolute Gasteiger partial charge is 0.526 e. The van der Waals surface area contributed by atoms with Gasteiger partial charge in [0.25, 0.3) is 0 Å². The van der Waals surface area contributed by atoms with Crippen LogP contribution in [0.25, 0.3) is 0 Å². The van der Waals surface area contributed by atoms with Gasteiger partial charge in [-0.05, 0) is 68.2 Å². The lowest BCUT2D eigenvalue weighted by Crippen LogP contribution is -2.19. The maximum absolute atomic E-state index is 5.99. The largest absolute Gasteiger partial charge is 0.658 e. The molecule has 31 heavy (non-hydrogen) atoms. The van der Waals surface area contributed by atoms with Crippen LogP contribution in [-0.2, 0) is 21.7 Å². The van der Waals surface area contributed by atoms with Crippen LogP contribution in [0.1, 0.15) is 105 Å².